The first kappa shape index (κ1) is 27.7. The number of hydrogen-bond acceptors (Lipinski definition) is 4. The Morgan fingerprint density at radius 2 is 1.75 bits per heavy atom. The van der Waals surface area contributed by atoms with Crippen molar-refractivity contribution < 1.29 is 18.6 Å². The predicted molar refractivity (Wildman–Crippen MR) is 151 cm³/mol. The molecule has 5 heteroatoms. The number of benzene rings is 1. The van der Waals surface area contributed by atoms with Crippen LogP contribution in [0, 0.1) is 18.3 Å². The first-order valence-corrected chi connectivity index (χ1v) is 16.8. The van der Waals surface area contributed by atoms with Gasteiger partial charge in [-0.05, 0) is 119 Å². The summed E-state index contributed by atoms with van der Waals surface area (Å²) in [6, 6.07) is 4.33. The van der Waals surface area contributed by atoms with Crippen molar-refractivity contribution >= 4 is 14.4 Å². The van der Waals surface area contributed by atoms with Gasteiger partial charge in [-0.2, -0.15) is 0 Å². The maximum absolute atomic E-state index is 6.77. The van der Waals surface area contributed by atoms with Gasteiger partial charge in [-0.3, -0.25) is 0 Å². The lowest BCUT2D eigenvalue weighted by molar-refractivity contribution is -0.196. The van der Waals surface area contributed by atoms with E-state index in [1.807, 2.05) is 0 Å². The molecule has 3 atom stereocenters. The van der Waals surface area contributed by atoms with E-state index in [4.69, 9.17) is 18.6 Å². The first-order chi connectivity index (χ1) is 16.4. The van der Waals surface area contributed by atoms with Crippen molar-refractivity contribution in [3.63, 3.8) is 0 Å². The Labute approximate surface area is 221 Å². The summed E-state index contributed by atoms with van der Waals surface area (Å²) in [5.41, 5.74) is 1.89. The Bertz CT molecular complexity index is 1020. The molecule has 1 saturated heterocycles. The molecule has 4 rings (SSSR count). The standard InChI is InChI=1S/C31H50O4Si/c1-22-19-24-23(25(20-22)34-36(10,11)27(2,3)4)13-17-30(9,33-24)18-14-26-28(5,6)15-12-16-31(26)21-32-29(7,8)35-31/h13,17,19-20,26H,12,14-16,18,21H2,1-11H3/t26-,30+,31+/m0/s1. The molecule has 2 fully saturated rings. The number of aryl methyl sites for hydroxylation is 1. The second kappa shape index (κ2) is 8.88. The quantitative estimate of drug-likeness (QED) is 0.368. The molecule has 0 amide bonds. The zero-order valence-corrected chi connectivity index (χ0v) is 25.8. The lowest BCUT2D eigenvalue weighted by atomic mass is 9.59. The Balaban J connectivity index is 1.56. The monoisotopic (exact) mass is 514 g/mol. The van der Waals surface area contributed by atoms with E-state index in [1.54, 1.807) is 0 Å². The Morgan fingerprint density at radius 1 is 1.06 bits per heavy atom. The van der Waals surface area contributed by atoms with Crippen LogP contribution in [0.15, 0.2) is 18.2 Å². The van der Waals surface area contributed by atoms with E-state index in [1.165, 1.54) is 18.4 Å². The fraction of sp³-hybridized carbons (Fsp3) is 0.742. The molecule has 0 bridgehead atoms. The molecule has 2 heterocycles. The van der Waals surface area contributed by atoms with Crippen LogP contribution in [0.2, 0.25) is 18.1 Å². The lowest BCUT2D eigenvalue weighted by Gasteiger charge is -2.50. The molecule has 4 nitrogen and oxygen atoms in total. The predicted octanol–water partition coefficient (Wildman–Crippen LogP) is 8.67. The van der Waals surface area contributed by atoms with Gasteiger partial charge in [0, 0.05) is 0 Å². The van der Waals surface area contributed by atoms with Crippen LogP contribution in [0.3, 0.4) is 0 Å². The number of ether oxygens (including phenoxy) is 3. The van der Waals surface area contributed by atoms with Crippen molar-refractivity contribution in [2.75, 3.05) is 6.61 Å². The second-order valence-electron chi connectivity index (χ2n) is 14.6. The van der Waals surface area contributed by atoms with Gasteiger partial charge in [0.15, 0.2) is 5.79 Å². The topological polar surface area (TPSA) is 36.9 Å². The summed E-state index contributed by atoms with van der Waals surface area (Å²) in [6.45, 7) is 25.4. The molecule has 1 aliphatic carbocycles. The molecular weight excluding hydrogens is 464 g/mol. The minimum absolute atomic E-state index is 0.140. The van der Waals surface area contributed by atoms with Crippen molar-refractivity contribution in [3.05, 3.63) is 29.3 Å². The fourth-order valence-electron chi connectivity index (χ4n) is 6.30. The van der Waals surface area contributed by atoms with Crippen LogP contribution < -0.4 is 9.16 Å². The largest absolute Gasteiger partial charge is 0.543 e. The summed E-state index contributed by atoms with van der Waals surface area (Å²) in [5.74, 6) is 1.81. The first-order valence-electron chi connectivity index (χ1n) is 13.9. The highest BCUT2D eigenvalue weighted by Crippen LogP contribution is 2.55. The van der Waals surface area contributed by atoms with E-state index in [2.05, 4.69) is 99.7 Å². The summed E-state index contributed by atoms with van der Waals surface area (Å²) < 4.78 is 26.3. The van der Waals surface area contributed by atoms with Crippen molar-refractivity contribution in [2.45, 2.75) is 130 Å². The van der Waals surface area contributed by atoms with Gasteiger partial charge < -0.3 is 18.6 Å². The zero-order chi connectivity index (χ0) is 26.8. The second-order valence-corrected chi connectivity index (χ2v) is 19.3. The molecule has 2 aliphatic heterocycles. The van der Waals surface area contributed by atoms with Crippen molar-refractivity contribution in [1.82, 2.24) is 0 Å². The molecular formula is C31H50O4Si. The SMILES string of the molecule is Cc1cc2c(c(O[Si](C)(C)C(C)(C)C)c1)C=C[C@](C)(CC[C@H]1C(C)(C)CCC[C@@]13COC(C)(C)O3)O2. The summed E-state index contributed by atoms with van der Waals surface area (Å²) >= 11 is 0. The molecule has 0 radical (unpaired) electrons. The third-order valence-corrected chi connectivity index (χ3v) is 13.8. The van der Waals surface area contributed by atoms with Gasteiger partial charge in [0.25, 0.3) is 8.32 Å². The van der Waals surface area contributed by atoms with Gasteiger partial charge in [0.05, 0.1) is 17.8 Å². The average Bonchev–Trinajstić information content (AvgIpc) is 3.00. The van der Waals surface area contributed by atoms with E-state index in [0.717, 1.165) is 36.3 Å². The molecule has 1 aromatic rings. The summed E-state index contributed by atoms with van der Waals surface area (Å²) in [6.07, 6.45) is 9.97. The van der Waals surface area contributed by atoms with Crippen LogP contribution in [0.4, 0.5) is 0 Å². The summed E-state index contributed by atoms with van der Waals surface area (Å²) in [5, 5.41) is 0.140. The van der Waals surface area contributed by atoms with Crippen LogP contribution in [0.1, 0.15) is 98.6 Å². The van der Waals surface area contributed by atoms with E-state index in [0.29, 0.717) is 12.5 Å². The fourth-order valence-corrected chi connectivity index (χ4v) is 7.33. The van der Waals surface area contributed by atoms with E-state index < -0.39 is 14.1 Å². The molecule has 0 unspecified atom stereocenters. The van der Waals surface area contributed by atoms with E-state index in [9.17, 15) is 0 Å². The molecule has 202 valence electrons. The van der Waals surface area contributed by atoms with Gasteiger partial charge >= 0.3 is 0 Å². The Morgan fingerprint density at radius 3 is 2.36 bits per heavy atom. The molecule has 1 aromatic carbocycles. The minimum atomic E-state index is -1.96. The molecule has 1 spiro atoms. The lowest BCUT2D eigenvalue weighted by Crippen LogP contribution is -2.52. The average molecular weight is 515 g/mol. The van der Waals surface area contributed by atoms with Gasteiger partial charge in [-0.1, -0.05) is 34.6 Å². The van der Waals surface area contributed by atoms with Gasteiger partial charge in [0.2, 0.25) is 0 Å². The zero-order valence-electron chi connectivity index (χ0n) is 24.8. The van der Waals surface area contributed by atoms with Gasteiger partial charge in [-0.15, -0.1) is 0 Å². The number of fused-ring (bicyclic) bond motifs is 1. The summed E-state index contributed by atoms with van der Waals surface area (Å²) in [7, 11) is -1.96. The molecule has 1 saturated carbocycles. The highest BCUT2D eigenvalue weighted by molar-refractivity contribution is 6.74. The van der Waals surface area contributed by atoms with E-state index >= 15 is 0 Å². The molecule has 3 aliphatic rings. The molecule has 0 N–H and O–H groups in total. The highest BCUT2D eigenvalue weighted by atomic mass is 28.4. The molecule has 36 heavy (non-hydrogen) atoms. The minimum Gasteiger partial charge on any atom is -0.543 e. The third kappa shape index (κ3) is 5.30. The Kier molecular flexibility index (Phi) is 6.84. The van der Waals surface area contributed by atoms with Crippen LogP contribution in [-0.2, 0) is 9.47 Å². The third-order valence-electron chi connectivity index (χ3n) is 9.41. The smallest absolute Gasteiger partial charge is 0.250 e. The normalized spacial score (nSPS) is 31.2. The van der Waals surface area contributed by atoms with Gasteiger partial charge in [-0.25, -0.2) is 0 Å². The van der Waals surface area contributed by atoms with E-state index in [-0.39, 0.29) is 21.7 Å². The number of hydrogen-bond donors (Lipinski definition) is 0. The van der Waals surface area contributed by atoms with Crippen molar-refractivity contribution in [1.29, 1.82) is 0 Å². The van der Waals surface area contributed by atoms with Crippen molar-refractivity contribution in [3.8, 4) is 11.5 Å². The van der Waals surface area contributed by atoms with Crippen LogP contribution in [0.5, 0.6) is 11.5 Å². The Hall–Kier alpha value is -1.30. The summed E-state index contributed by atoms with van der Waals surface area (Å²) in [4.78, 5) is 0. The van der Waals surface area contributed by atoms with Crippen LogP contribution in [-0.4, -0.2) is 31.9 Å². The highest BCUT2D eigenvalue weighted by Gasteiger charge is 2.56. The maximum atomic E-state index is 6.77. The number of rotatable bonds is 5. The van der Waals surface area contributed by atoms with Crippen molar-refractivity contribution in [2.24, 2.45) is 11.3 Å². The van der Waals surface area contributed by atoms with Gasteiger partial charge in [0.1, 0.15) is 17.1 Å². The van der Waals surface area contributed by atoms with Crippen LogP contribution >= 0.6 is 0 Å². The van der Waals surface area contributed by atoms with Crippen LogP contribution in [0.25, 0.3) is 6.08 Å². The molecule has 0 aromatic heterocycles. The maximum Gasteiger partial charge on any atom is 0.250 e.